The normalized spacial score (nSPS) is 25.9. The average Bonchev–Trinajstić information content (AvgIpc) is 3.48. The van der Waals surface area contributed by atoms with Crippen molar-refractivity contribution in [1.29, 1.82) is 0 Å². The Labute approximate surface area is 188 Å². The number of fused-ring (bicyclic) bond motifs is 1. The topological polar surface area (TPSA) is 81.9 Å². The number of anilines is 1. The number of morpholine rings is 1. The van der Waals surface area contributed by atoms with Crippen LogP contribution in [0.4, 0.5) is 19.1 Å². The number of nitrogens with zero attached hydrogens (tertiary/aromatic N) is 7. The van der Waals surface area contributed by atoms with E-state index in [0.29, 0.717) is 54.2 Å². The summed E-state index contributed by atoms with van der Waals surface area (Å²) in [6.07, 6.45) is 3.51. The minimum atomic E-state index is -4.17. The highest BCUT2D eigenvalue weighted by Gasteiger charge is 2.49. The molecule has 3 fully saturated rings. The highest BCUT2D eigenvalue weighted by Crippen LogP contribution is 2.50. The zero-order chi connectivity index (χ0) is 22.7. The molecule has 4 heterocycles. The molecule has 1 atom stereocenters. The Morgan fingerprint density at radius 2 is 1.91 bits per heavy atom. The van der Waals surface area contributed by atoms with Crippen LogP contribution >= 0.6 is 0 Å². The van der Waals surface area contributed by atoms with Crippen molar-refractivity contribution in [1.82, 2.24) is 29.7 Å². The van der Waals surface area contributed by atoms with E-state index in [1.165, 1.54) is 0 Å². The quantitative estimate of drug-likeness (QED) is 0.585. The van der Waals surface area contributed by atoms with Gasteiger partial charge in [0.1, 0.15) is 11.6 Å². The molecule has 6 rings (SSSR count). The summed E-state index contributed by atoms with van der Waals surface area (Å²) in [5.74, 6) is -1.12. The third-order valence-corrected chi connectivity index (χ3v) is 6.79. The van der Waals surface area contributed by atoms with E-state index in [9.17, 15) is 13.2 Å². The number of alkyl halides is 3. The predicted molar refractivity (Wildman–Crippen MR) is 113 cm³/mol. The Kier molecular flexibility index (Phi) is 4.79. The summed E-state index contributed by atoms with van der Waals surface area (Å²) in [5, 5.41) is 4.46. The van der Waals surface area contributed by atoms with Gasteiger partial charge in [0.05, 0.1) is 42.7 Å². The van der Waals surface area contributed by atoms with Gasteiger partial charge in [0.15, 0.2) is 5.65 Å². The van der Waals surface area contributed by atoms with Gasteiger partial charge >= 0.3 is 6.18 Å². The highest BCUT2D eigenvalue weighted by atomic mass is 19.4. The number of halogens is 3. The minimum Gasteiger partial charge on any atom is -0.370 e. The Morgan fingerprint density at radius 1 is 1.09 bits per heavy atom. The predicted octanol–water partition coefficient (Wildman–Crippen LogP) is 3.89. The Balaban J connectivity index is 1.30. The third kappa shape index (κ3) is 3.92. The summed E-state index contributed by atoms with van der Waals surface area (Å²) >= 11 is 0. The van der Waals surface area contributed by atoms with Crippen LogP contribution in [-0.2, 0) is 4.74 Å². The van der Waals surface area contributed by atoms with Crippen molar-refractivity contribution in [3.63, 3.8) is 0 Å². The fourth-order valence-corrected chi connectivity index (χ4v) is 4.63. The van der Waals surface area contributed by atoms with E-state index < -0.39 is 12.1 Å². The molecule has 11 heteroatoms. The van der Waals surface area contributed by atoms with Crippen molar-refractivity contribution in [2.24, 2.45) is 5.92 Å². The number of hydrogen-bond donors (Lipinski definition) is 0. The van der Waals surface area contributed by atoms with Crippen molar-refractivity contribution in [2.75, 3.05) is 24.6 Å². The molecule has 1 saturated heterocycles. The first-order valence-electron chi connectivity index (χ1n) is 11.3. The van der Waals surface area contributed by atoms with Gasteiger partial charge in [0, 0.05) is 30.4 Å². The van der Waals surface area contributed by atoms with E-state index >= 15 is 0 Å². The smallest absolute Gasteiger partial charge is 0.370 e. The largest absolute Gasteiger partial charge is 0.391 e. The van der Waals surface area contributed by atoms with Crippen molar-refractivity contribution >= 4 is 17.1 Å². The lowest BCUT2D eigenvalue weighted by atomic mass is 9.72. The maximum Gasteiger partial charge on any atom is 0.391 e. The molecule has 0 spiro atoms. The van der Waals surface area contributed by atoms with Crippen molar-refractivity contribution in [3.8, 4) is 0 Å². The molecule has 174 valence electrons. The molecule has 33 heavy (non-hydrogen) atoms. The summed E-state index contributed by atoms with van der Waals surface area (Å²) in [6.45, 7) is 3.44. The van der Waals surface area contributed by atoms with E-state index in [2.05, 4.69) is 20.1 Å². The standard InChI is InChI=1S/C22H24F3N7O/c1-12-8-26-19-18(13-6-15(7-13)22(23,24)25)29-21(30-20(19)28-12)31-4-5-33-17(11-31)14-9-27-32(10-14)16-2-3-16/h8-10,13,15-17H,2-7,11H2,1H3/t13-,15+,17-/m0/s1. The number of aryl methyl sites for hydroxylation is 1. The second-order valence-electron chi connectivity index (χ2n) is 9.29. The fraction of sp³-hybridized carbons (Fsp3) is 0.591. The molecule has 0 amide bonds. The van der Waals surface area contributed by atoms with Gasteiger partial charge in [-0.3, -0.25) is 4.68 Å². The molecule has 3 aromatic heterocycles. The van der Waals surface area contributed by atoms with Crippen LogP contribution in [0, 0.1) is 12.8 Å². The summed E-state index contributed by atoms with van der Waals surface area (Å²) in [7, 11) is 0. The van der Waals surface area contributed by atoms with Crippen molar-refractivity contribution in [3.05, 3.63) is 35.5 Å². The Hall–Kier alpha value is -2.82. The Bertz CT molecular complexity index is 1190. The van der Waals surface area contributed by atoms with E-state index in [1.54, 1.807) is 6.20 Å². The highest BCUT2D eigenvalue weighted by molar-refractivity contribution is 5.74. The summed E-state index contributed by atoms with van der Waals surface area (Å²) < 4.78 is 47.3. The van der Waals surface area contributed by atoms with E-state index in [4.69, 9.17) is 9.72 Å². The minimum absolute atomic E-state index is 0.0245. The average molecular weight is 459 g/mol. The summed E-state index contributed by atoms with van der Waals surface area (Å²) in [5.41, 5.74) is 3.19. The molecule has 3 aromatic rings. The van der Waals surface area contributed by atoms with Gasteiger partial charge in [0.25, 0.3) is 0 Å². The molecule has 0 aromatic carbocycles. The van der Waals surface area contributed by atoms with Crippen LogP contribution in [0.2, 0.25) is 0 Å². The van der Waals surface area contributed by atoms with Gasteiger partial charge < -0.3 is 9.64 Å². The first kappa shape index (κ1) is 20.8. The van der Waals surface area contributed by atoms with Crippen LogP contribution in [-0.4, -0.2) is 55.6 Å². The lowest BCUT2D eigenvalue weighted by molar-refractivity contribution is -0.197. The molecule has 0 radical (unpaired) electrons. The molecule has 2 saturated carbocycles. The molecule has 2 aliphatic carbocycles. The van der Waals surface area contributed by atoms with Gasteiger partial charge in [-0.05, 0) is 32.6 Å². The molecule has 8 nitrogen and oxygen atoms in total. The van der Waals surface area contributed by atoms with Crippen LogP contribution < -0.4 is 4.90 Å². The maximum absolute atomic E-state index is 13.1. The molecule has 0 N–H and O–H groups in total. The van der Waals surface area contributed by atoms with Gasteiger partial charge in [-0.25, -0.2) is 15.0 Å². The molecule has 0 unspecified atom stereocenters. The maximum atomic E-state index is 13.1. The molecular weight excluding hydrogens is 435 g/mol. The van der Waals surface area contributed by atoms with Crippen LogP contribution in [0.1, 0.15) is 60.7 Å². The second-order valence-corrected chi connectivity index (χ2v) is 9.29. The van der Waals surface area contributed by atoms with Crippen LogP contribution in [0.15, 0.2) is 18.6 Å². The number of rotatable bonds is 4. The van der Waals surface area contributed by atoms with Gasteiger partial charge in [-0.2, -0.15) is 23.3 Å². The molecular formula is C22H24F3N7O. The summed E-state index contributed by atoms with van der Waals surface area (Å²) in [4.78, 5) is 20.3. The molecule has 3 aliphatic rings. The number of ether oxygens (including phenoxy) is 1. The second kappa shape index (κ2) is 7.61. The van der Waals surface area contributed by atoms with Crippen LogP contribution in [0.25, 0.3) is 11.2 Å². The summed E-state index contributed by atoms with van der Waals surface area (Å²) in [6, 6.07) is 0.495. The monoisotopic (exact) mass is 459 g/mol. The lowest BCUT2D eigenvalue weighted by Gasteiger charge is -2.37. The molecule has 1 aliphatic heterocycles. The van der Waals surface area contributed by atoms with E-state index in [-0.39, 0.29) is 24.9 Å². The Morgan fingerprint density at radius 3 is 2.67 bits per heavy atom. The first-order chi connectivity index (χ1) is 15.8. The van der Waals surface area contributed by atoms with Crippen LogP contribution in [0.5, 0.6) is 0 Å². The van der Waals surface area contributed by atoms with Crippen LogP contribution in [0.3, 0.4) is 0 Å². The third-order valence-electron chi connectivity index (χ3n) is 6.79. The fourth-order valence-electron chi connectivity index (χ4n) is 4.63. The van der Waals surface area contributed by atoms with Gasteiger partial charge in [-0.1, -0.05) is 0 Å². The lowest BCUT2D eigenvalue weighted by Crippen LogP contribution is -2.40. The van der Waals surface area contributed by atoms with E-state index in [0.717, 1.165) is 18.4 Å². The van der Waals surface area contributed by atoms with Crippen molar-refractivity contribution < 1.29 is 17.9 Å². The van der Waals surface area contributed by atoms with Gasteiger partial charge in [-0.15, -0.1) is 0 Å². The van der Waals surface area contributed by atoms with Crippen molar-refractivity contribution in [2.45, 2.75) is 56.8 Å². The van der Waals surface area contributed by atoms with Gasteiger partial charge in [0.2, 0.25) is 5.95 Å². The first-order valence-corrected chi connectivity index (χ1v) is 11.3. The SMILES string of the molecule is Cc1cnc2c(n1)nc(N1CCO[C@H](c3cnn(C4CC4)c3)C1)nc2[C@H]1C[C@@H](C(F)(F)F)C1. The number of aromatic nitrogens is 6. The number of hydrogen-bond acceptors (Lipinski definition) is 7. The zero-order valence-corrected chi connectivity index (χ0v) is 18.2. The van der Waals surface area contributed by atoms with E-state index in [1.807, 2.05) is 28.9 Å². The molecule has 0 bridgehead atoms. The zero-order valence-electron chi connectivity index (χ0n) is 18.2.